The highest BCUT2D eigenvalue weighted by Crippen LogP contribution is 2.33. The van der Waals surface area contributed by atoms with Crippen LogP contribution in [0.4, 0.5) is 23.4 Å². The molecule has 0 aliphatic rings. The van der Waals surface area contributed by atoms with Crippen LogP contribution in [-0.2, 0) is 12.8 Å². The van der Waals surface area contributed by atoms with E-state index in [9.17, 15) is 17.6 Å². The Hall–Kier alpha value is -2.31. The Bertz CT molecular complexity index is 614. The van der Waals surface area contributed by atoms with E-state index in [0.717, 1.165) is 18.2 Å². The molecule has 0 fully saturated rings. The van der Waals surface area contributed by atoms with Gasteiger partial charge in [0.1, 0.15) is 12.4 Å². The predicted molar refractivity (Wildman–Crippen MR) is 64.4 cm³/mol. The smallest absolute Gasteiger partial charge is 0.416 e. The molecule has 0 saturated heterocycles. The predicted octanol–water partition coefficient (Wildman–Crippen LogP) is 3.40. The van der Waals surface area contributed by atoms with Crippen LogP contribution in [0.15, 0.2) is 36.5 Å². The molecule has 0 spiro atoms. The summed E-state index contributed by atoms with van der Waals surface area (Å²) in [5.74, 6) is -0.858. The van der Waals surface area contributed by atoms with E-state index in [2.05, 4.69) is 4.98 Å². The lowest BCUT2D eigenvalue weighted by atomic mass is 10.1. The van der Waals surface area contributed by atoms with Crippen molar-refractivity contribution < 1.29 is 22.3 Å². The maximum Gasteiger partial charge on any atom is 0.416 e. The monoisotopic (exact) mass is 286 g/mol. The molecule has 3 nitrogen and oxygen atoms in total. The highest BCUT2D eigenvalue weighted by Gasteiger charge is 2.34. The van der Waals surface area contributed by atoms with E-state index in [1.807, 2.05) is 0 Å². The first-order chi connectivity index (χ1) is 9.39. The maximum absolute atomic E-state index is 13.6. The number of nitrogens with two attached hydrogens (primary N) is 1. The van der Waals surface area contributed by atoms with Crippen molar-refractivity contribution in [3.05, 3.63) is 53.5 Å². The summed E-state index contributed by atoms with van der Waals surface area (Å²) in [5.41, 5.74) is 3.86. The van der Waals surface area contributed by atoms with Crippen LogP contribution in [0, 0.1) is 5.82 Å². The van der Waals surface area contributed by atoms with Crippen molar-refractivity contribution in [1.29, 1.82) is 0 Å². The van der Waals surface area contributed by atoms with E-state index < -0.39 is 29.7 Å². The summed E-state index contributed by atoms with van der Waals surface area (Å²) in [6.07, 6.45) is -3.24. The van der Waals surface area contributed by atoms with E-state index in [1.54, 1.807) is 0 Å². The number of rotatable bonds is 3. The standard InChI is InChI=1S/C13H10F4N2O/c14-10-4-1-3-9(13(15,16)17)8(10)7-20-11-5-2-6-19-12(11)18/h1-6H,7H2,(H2,18,19). The lowest BCUT2D eigenvalue weighted by molar-refractivity contribution is -0.138. The number of ether oxygens (including phenoxy) is 1. The van der Waals surface area contributed by atoms with Gasteiger partial charge in [0.2, 0.25) is 0 Å². The van der Waals surface area contributed by atoms with Crippen LogP contribution in [0.25, 0.3) is 0 Å². The van der Waals surface area contributed by atoms with Crippen molar-refractivity contribution in [3.63, 3.8) is 0 Å². The summed E-state index contributed by atoms with van der Waals surface area (Å²) in [4.78, 5) is 3.72. The summed E-state index contributed by atoms with van der Waals surface area (Å²) in [6, 6.07) is 5.70. The van der Waals surface area contributed by atoms with Gasteiger partial charge in [0, 0.05) is 11.8 Å². The number of halogens is 4. The van der Waals surface area contributed by atoms with Gasteiger partial charge in [-0.2, -0.15) is 13.2 Å². The van der Waals surface area contributed by atoms with Gasteiger partial charge in [0.25, 0.3) is 0 Å². The first-order valence-corrected chi connectivity index (χ1v) is 5.57. The Labute approximate surface area is 112 Å². The van der Waals surface area contributed by atoms with Crippen LogP contribution < -0.4 is 10.5 Å². The summed E-state index contributed by atoms with van der Waals surface area (Å²) < 4.78 is 57.0. The topological polar surface area (TPSA) is 48.1 Å². The first kappa shape index (κ1) is 14.1. The van der Waals surface area contributed by atoms with Gasteiger partial charge in [-0.1, -0.05) is 6.07 Å². The number of benzene rings is 1. The van der Waals surface area contributed by atoms with Crippen LogP contribution in [0.1, 0.15) is 11.1 Å². The quantitative estimate of drug-likeness (QED) is 0.880. The molecule has 2 rings (SSSR count). The van der Waals surface area contributed by atoms with Crippen LogP contribution in [0.5, 0.6) is 5.75 Å². The fourth-order valence-electron chi connectivity index (χ4n) is 1.65. The van der Waals surface area contributed by atoms with Gasteiger partial charge < -0.3 is 10.5 Å². The van der Waals surface area contributed by atoms with Crippen molar-refractivity contribution >= 4 is 5.82 Å². The number of alkyl halides is 3. The number of aromatic nitrogens is 1. The zero-order chi connectivity index (χ0) is 14.8. The highest BCUT2D eigenvalue weighted by molar-refractivity contribution is 5.45. The number of nitrogens with zero attached hydrogens (tertiary/aromatic N) is 1. The largest absolute Gasteiger partial charge is 0.485 e. The molecule has 0 atom stereocenters. The second-order valence-corrected chi connectivity index (χ2v) is 3.94. The lowest BCUT2D eigenvalue weighted by Gasteiger charge is -2.14. The zero-order valence-electron chi connectivity index (χ0n) is 10.1. The molecule has 0 unspecified atom stereocenters. The van der Waals surface area contributed by atoms with Crippen molar-refractivity contribution in [1.82, 2.24) is 4.98 Å². The van der Waals surface area contributed by atoms with E-state index in [0.29, 0.717) is 0 Å². The Balaban J connectivity index is 2.28. The third-order valence-electron chi connectivity index (χ3n) is 2.60. The van der Waals surface area contributed by atoms with Crippen LogP contribution in [0.3, 0.4) is 0 Å². The third kappa shape index (κ3) is 2.98. The number of anilines is 1. The molecule has 7 heteroatoms. The highest BCUT2D eigenvalue weighted by atomic mass is 19.4. The number of hydrogen-bond acceptors (Lipinski definition) is 3. The molecule has 0 saturated carbocycles. The first-order valence-electron chi connectivity index (χ1n) is 5.57. The minimum absolute atomic E-state index is 0.0254. The van der Waals surface area contributed by atoms with Gasteiger partial charge in [0.05, 0.1) is 5.56 Å². The fraction of sp³-hybridized carbons (Fsp3) is 0.154. The van der Waals surface area contributed by atoms with Gasteiger partial charge in [-0.25, -0.2) is 9.37 Å². The van der Waals surface area contributed by atoms with Crippen LogP contribution in [0.2, 0.25) is 0 Å². The van der Waals surface area contributed by atoms with E-state index in [-0.39, 0.29) is 11.6 Å². The van der Waals surface area contributed by atoms with E-state index in [1.165, 1.54) is 18.3 Å². The molecule has 1 aromatic heterocycles. The summed E-state index contributed by atoms with van der Waals surface area (Å²) in [6.45, 7) is -0.586. The Morgan fingerprint density at radius 2 is 1.90 bits per heavy atom. The van der Waals surface area contributed by atoms with Gasteiger partial charge in [-0.05, 0) is 24.3 Å². The minimum Gasteiger partial charge on any atom is -0.485 e. The molecule has 0 aliphatic heterocycles. The molecule has 0 aliphatic carbocycles. The Morgan fingerprint density at radius 1 is 1.15 bits per heavy atom. The fourth-order valence-corrected chi connectivity index (χ4v) is 1.65. The lowest BCUT2D eigenvalue weighted by Crippen LogP contribution is -2.13. The maximum atomic E-state index is 13.6. The van der Waals surface area contributed by atoms with Crippen molar-refractivity contribution in [2.75, 3.05) is 5.73 Å². The molecular weight excluding hydrogens is 276 g/mol. The van der Waals surface area contributed by atoms with Gasteiger partial charge in [-0.15, -0.1) is 0 Å². The average molecular weight is 286 g/mol. The SMILES string of the molecule is Nc1ncccc1OCc1c(F)cccc1C(F)(F)F. The normalized spacial score (nSPS) is 11.4. The van der Waals surface area contributed by atoms with E-state index >= 15 is 0 Å². The van der Waals surface area contributed by atoms with Crippen LogP contribution >= 0.6 is 0 Å². The second kappa shape index (κ2) is 5.36. The molecule has 0 radical (unpaired) electrons. The molecule has 1 heterocycles. The third-order valence-corrected chi connectivity index (χ3v) is 2.60. The zero-order valence-corrected chi connectivity index (χ0v) is 10.1. The number of hydrogen-bond donors (Lipinski definition) is 1. The molecule has 2 aromatic rings. The molecule has 20 heavy (non-hydrogen) atoms. The van der Waals surface area contributed by atoms with Gasteiger partial charge in [-0.3, -0.25) is 0 Å². The van der Waals surface area contributed by atoms with Crippen molar-refractivity contribution in [3.8, 4) is 5.75 Å². The molecule has 106 valence electrons. The molecule has 1 aromatic carbocycles. The second-order valence-electron chi connectivity index (χ2n) is 3.94. The molecule has 2 N–H and O–H groups in total. The Morgan fingerprint density at radius 3 is 2.55 bits per heavy atom. The number of pyridine rings is 1. The van der Waals surface area contributed by atoms with Crippen LogP contribution in [-0.4, -0.2) is 4.98 Å². The van der Waals surface area contributed by atoms with Crippen molar-refractivity contribution in [2.24, 2.45) is 0 Å². The van der Waals surface area contributed by atoms with Gasteiger partial charge in [0.15, 0.2) is 11.6 Å². The molecular formula is C13H10F4N2O. The average Bonchev–Trinajstić information content (AvgIpc) is 2.37. The molecule has 0 amide bonds. The van der Waals surface area contributed by atoms with Gasteiger partial charge >= 0.3 is 6.18 Å². The minimum atomic E-state index is -4.65. The van der Waals surface area contributed by atoms with E-state index in [4.69, 9.17) is 10.5 Å². The number of nitrogen functional groups attached to an aromatic ring is 1. The summed E-state index contributed by atoms with van der Waals surface area (Å²) in [7, 11) is 0. The summed E-state index contributed by atoms with van der Waals surface area (Å²) in [5, 5.41) is 0. The van der Waals surface area contributed by atoms with Crippen molar-refractivity contribution in [2.45, 2.75) is 12.8 Å². The summed E-state index contributed by atoms with van der Waals surface area (Å²) >= 11 is 0. The molecule has 0 bridgehead atoms. The Kier molecular flexibility index (Phi) is 3.78.